The molecule has 1 aromatic heterocycles. The molecule has 31 heavy (non-hydrogen) atoms. The van der Waals surface area contributed by atoms with Crippen LogP contribution in [0.2, 0.25) is 0 Å². The van der Waals surface area contributed by atoms with E-state index in [-0.39, 0.29) is 17.4 Å². The molecule has 2 aliphatic heterocycles. The summed E-state index contributed by atoms with van der Waals surface area (Å²) >= 11 is 0. The fourth-order valence-electron chi connectivity index (χ4n) is 4.96. The van der Waals surface area contributed by atoms with Crippen molar-refractivity contribution in [2.45, 2.75) is 65.0 Å². The van der Waals surface area contributed by atoms with Gasteiger partial charge in [-0.1, -0.05) is 30.7 Å². The quantitative estimate of drug-likeness (QED) is 0.786. The van der Waals surface area contributed by atoms with Crippen LogP contribution in [-0.4, -0.2) is 41.5 Å². The van der Waals surface area contributed by atoms with Gasteiger partial charge in [0.2, 0.25) is 5.91 Å². The van der Waals surface area contributed by atoms with E-state index in [1.165, 1.54) is 16.7 Å². The first-order valence-electron chi connectivity index (χ1n) is 11.7. The lowest BCUT2D eigenvalue weighted by Gasteiger charge is -2.41. The fraction of sp³-hybridized carbons (Fsp3) is 0.538. The number of amides is 1. The first-order chi connectivity index (χ1) is 15.0. The van der Waals surface area contributed by atoms with Crippen molar-refractivity contribution in [2.24, 2.45) is 5.41 Å². The number of nitrogens with one attached hydrogen (secondary N) is 1. The van der Waals surface area contributed by atoms with Gasteiger partial charge in [-0.3, -0.25) is 14.7 Å². The van der Waals surface area contributed by atoms with E-state index >= 15 is 0 Å². The number of aryl methyl sites for hydroxylation is 2. The summed E-state index contributed by atoms with van der Waals surface area (Å²) in [4.78, 5) is 20.2. The van der Waals surface area contributed by atoms with Crippen molar-refractivity contribution in [1.82, 2.24) is 15.2 Å². The van der Waals surface area contributed by atoms with E-state index in [1.54, 1.807) is 0 Å². The van der Waals surface area contributed by atoms with E-state index in [1.807, 2.05) is 31.5 Å². The summed E-state index contributed by atoms with van der Waals surface area (Å²) in [6, 6.07) is 10.5. The van der Waals surface area contributed by atoms with Crippen LogP contribution in [0.25, 0.3) is 0 Å². The normalized spacial score (nSPS) is 22.5. The molecule has 4 rings (SSSR count). The van der Waals surface area contributed by atoms with Crippen LogP contribution in [0.15, 0.2) is 42.7 Å². The predicted molar refractivity (Wildman–Crippen MR) is 123 cm³/mol. The maximum atomic E-state index is 13.4. The Morgan fingerprint density at radius 2 is 1.97 bits per heavy atom. The summed E-state index contributed by atoms with van der Waals surface area (Å²) in [7, 11) is 0. The van der Waals surface area contributed by atoms with Crippen molar-refractivity contribution in [3.05, 3.63) is 59.4 Å². The number of rotatable bonds is 2. The summed E-state index contributed by atoms with van der Waals surface area (Å²) in [5.74, 6) is 1.17. The third kappa shape index (κ3) is 5.45. The van der Waals surface area contributed by atoms with Gasteiger partial charge in [0.15, 0.2) is 0 Å². The molecule has 1 saturated heterocycles. The van der Waals surface area contributed by atoms with Crippen LogP contribution in [-0.2, 0) is 17.8 Å². The van der Waals surface area contributed by atoms with Crippen molar-refractivity contribution < 1.29 is 9.53 Å². The van der Waals surface area contributed by atoms with Gasteiger partial charge < -0.3 is 10.1 Å². The van der Waals surface area contributed by atoms with E-state index in [0.29, 0.717) is 6.61 Å². The van der Waals surface area contributed by atoms with Crippen molar-refractivity contribution in [2.75, 3.05) is 19.7 Å². The molecular formula is C26H35N3O2. The Morgan fingerprint density at radius 1 is 1.16 bits per heavy atom. The SMILES string of the molecule is Cc1cncc(CN2CCC3(CCCCc4ccccc4OC[C@@H](C)NC3=O)CC2)c1. The number of aromatic nitrogens is 1. The van der Waals surface area contributed by atoms with Gasteiger partial charge in [0, 0.05) is 18.9 Å². The molecule has 0 aliphatic carbocycles. The van der Waals surface area contributed by atoms with Crippen LogP contribution in [0.4, 0.5) is 0 Å². The topological polar surface area (TPSA) is 54.5 Å². The predicted octanol–water partition coefficient (Wildman–Crippen LogP) is 4.28. The van der Waals surface area contributed by atoms with Gasteiger partial charge in [0.05, 0.1) is 11.5 Å². The van der Waals surface area contributed by atoms with E-state index in [0.717, 1.165) is 63.9 Å². The number of benzene rings is 1. The van der Waals surface area contributed by atoms with Crippen LogP contribution in [0.5, 0.6) is 5.75 Å². The Bertz CT molecular complexity index is 890. The molecule has 2 aliphatic rings. The van der Waals surface area contributed by atoms with Gasteiger partial charge in [-0.25, -0.2) is 0 Å². The van der Waals surface area contributed by atoms with Gasteiger partial charge in [0.1, 0.15) is 12.4 Å². The number of carbonyl (C=O) groups is 1. The smallest absolute Gasteiger partial charge is 0.226 e. The van der Waals surface area contributed by atoms with Crippen molar-refractivity contribution in [3.63, 3.8) is 0 Å². The third-order valence-corrected chi connectivity index (χ3v) is 6.82. The Morgan fingerprint density at radius 3 is 2.77 bits per heavy atom. The van der Waals surface area contributed by atoms with E-state index in [4.69, 9.17) is 4.74 Å². The van der Waals surface area contributed by atoms with Crippen LogP contribution in [0.3, 0.4) is 0 Å². The van der Waals surface area contributed by atoms with Crippen molar-refractivity contribution >= 4 is 5.91 Å². The summed E-state index contributed by atoms with van der Waals surface area (Å²) < 4.78 is 6.06. The summed E-state index contributed by atoms with van der Waals surface area (Å²) in [6.45, 7) is 7.45. The highest BCUT2D eigenvalue weighted by atomic mass is 16.5. The number of para-hydroxylation sites is 1. The van der Waals surface area contributed by atoms with Gasteiger partial charge in [-0.2, -0.15) is 0 Å². The van der Waals surface area contributed by atoms with Gasteiger partial charge in [0.25, 0.3) is 0 Å². The summed E-state index contributed by atoms with van der Waals surface area (Å²) in [6.07, 6.45) is 9.82. The van der Waals surface area contributed by atoms with E-state index in [2.05, 4.69) is 40.3 Å². The molecule has 2 aromatic rings. The Labute approximate surface area is 186 Å². The maximum Gasteiger partial charge on any atom is 0.226 e. The van der Waals surface area contributed by atoms with E-state index < -0.39 is 0 Å². The molecule has 1 atom stereocenters. The molecule has 166 valence electrons. The Balaban J connectivity index is 1.42. The van der Waals surface area contributed by atoms with Crippen LogP contribution >= 0.6 is 0 Å². The van der Waals surface area contributed by atoms with Gasteiger partial charge in [-0.05, 0) is 81.8 Å². The number of pyridine rings is 1. The zero-order chi connectivity index (χ0) is 21.7. The highest BCUT2D eigenvalue weighted by molar-refractivity contribution is 5.83. The molecule has 1 N–H and O–H groups in total. The summed E-state index contributed by atoms with van der Waals surface area (Å²) in [5, 5.41) is 3.27. The zero-order valence-electron chi connectivity index (χ0n) is 18.9. The lowest BCUT2D eigenvalue weighted by molar-refractivity contribution is -0.135. The van der Waals surface area contributed by atoms with Crippen LogP contribution in [0.1, 0.15) is 55.7 Å². The van der Waals surface area contributed by atoms with Crippen molar-refractivity contribution in [3.8, 4) is 5.75 Å². The third-order valence-electron chi connectivity index (χ3n) is 6.82. The first-order valence-corrected chi connectivity index (χ1v) is 11.7. The molecule has 1 fully saturated rings. The second-order valence-electron chi connectivity index (χ2n) is 9.43. The number of hydrogen-bond donors (Lipinski definition) is 1. The highest BCUT2D eigenvalue weighted by Gasteiger charge is 2.41. The molecular weight excluding hydrogens is 386 g/mol. The number of ether oxygens (including phenoxy) is 1. The minimum atomic E-state index is -0.256. The average molecular weight is 422 g/mol. The standard InChI is InChI=1S/C26H35N3O2/c1-20-15-22(17-27-16-20)18-29-13-11-26(12-14-29)10-6-5-8-23-7-3-4-9-24(23)31-19-21(2)28-25(26)30/h3-4,7,9,15-17,21H,5-6,8,10-14,18-19H2,1-2H3,(H,28,30)/t21-/m1/s1. The van der Waals surface area contributed by atoms with Gasteiger partial charge >= 0.3 is 0 Å². The zero-order valence-corrected chi connectivity index (χ0v) is 18.9. The largest absolute Gasteiger partial charge is 0.491 e. The monoisotopic (exact) mass is 421 g/mol. The molecule has 5 nitrogen and oxygen atoms in total. The molecule has 1 aromatic carbocycles. The maximum absolute atomic E-state index is 13.4. The Kier molecular flexibility index (Phi) is 6.91. The van der Waals surface area contributed by atoms with Crippen LogP contribution < -0.4 is 10.1 Å². The molecule has 1 amide bonds. The fourth-order valence-corrected chi connectivity index (χ4v) is 4.96. The minimum Gasteiger partial charge on any atom is -0.491 e. The lowest BCUT2D eigenvalue weighted by atomic mass is 9.73. The van der Waals surface area contributed by atoms with E-state index in [9.17, 15) is 4.79 Å². The number of piperidine rings is 1. The number of nitrogens with zero attached hydrogens (tertiary/aromatic N) is 2. The van der Waals surface area contributed by atoms with Crippen LogP contribution in [0, 0.1) is 12.3 Å². The number of fused-ring (bicyclic) bond motifs is 1. The second kappa shape index (κ2) is 9.82. The molecule has 5 heteroatoms. The molecule has 0 bridgehead atoms. The molecule has 0 radical (unpaired) electrons. The molecule has 1 spiro atoms. The molecule has 3 heterocycles. The highest BCUT2D eigenvalue weighted by Crippen LogP contribution is 2.38. The average Bonchev–Trinajstić information content (AvgIpc) is 2.76. The number of carbonyl (C=O) groups excluding carboxylic acids is 1. The van der Waals surface area contributed by atoms with Crippen molar-refractivity contribution in [1.29, 1.82) is 0 Å². The lowest BCUT2D eigenvalue weighted by Crippen LogP contribution is -2.51. The molecule has 0 unspecified atom stereocenters. The van der Waals surface area contributed by atoms with Gasteiger partial charge in [-0.15, -0.1) is 0 Å². The first kappa shape index (κ1) is 21.8. The minimum absolute atomic E-state index is 0.00624. The second-order valence-corrected chi connectivity index (χ2v) is 9.43. The Hall–Kier alpha value is -2.40. The summed E-state index contributed by atoms with van der Waals surface area (Å²) in [5.41, 5.74) is 3.47. The number of likely N-dealkylation sites (tertiary alicyclic amines) is 1. The number of hydrogen-bond acceptors (Lipinski definition) is 4. The molecule has 0 saturated carbocycles.